The number of aliphatic hydroxyl groups excluding tert-OH is 1. The summed E-state index contributed by atoms with van der Waals surface area (Å²) in [7, 11) is 0. The molecule has 1 atom stereocenters. The summed E-state index contributed by atoms with van der Waals surface area (Å²) in [5.41, 5.74) is 0.627. The van der Waals surface area contributed by atoms with Crippen molar-refractivity contribution in [1.82, 2.24) is 4.90 Å². The number of anilines is 1. The summed E-state index contributed by atoms with van der Waals surface area (Å²) in [5, 5.41) is 21.4. The quantitative estimate of drug-likeness (QED) is 0.743. The fourth-order valence-electron chi connectivity index (χ4n) is 2.58. The van der Waals surface area contributed by atoms with E-state index < -0.39 is 17.7 Å². The van der Waals surface area contributed by atoms with Gasteiger partial charge in [-0.2, -0.15) is 0 Å². The number of aliphatic hydroxyl groups is 1. The lowest BCUT2D eigenvalue weighted by Crippen LogP contribution is -2.55. The maximum Gasteiger partial charge on any atom is 0.408 e. The molecule has 0 aliphatic heterocycles. The Morgan fingerprint density at radius 3 is 2.08 bits per heavy atom. The third kappa shape index (κ3) is 5.53. The molecular formula is C18H28N2O4. The average Bonchev–Trinajstić information content (AvgIpc) is 2.45. The highest BCUT2D eigenvalue weighted by molar-refractivity contribution is 5.96. The first-order valence-electron chi connectivity index (χ1n) is 8.09. The average molecular weight is 336 g/mol. The normalized spacial score (nSPS) is 12.8. The molecule has 0 fully saturated rings. The molecule has 1 aromatic rings. The molecule has 3 N–H and O–H groups in total. The van der Waals surface area contributed by atoms with Gasteiger partial charge in [0.2, 0.25) is 5.91 Å². The Hall–Kier alpha value is -2.08. The van der Waals surface area contributed by atoms with Crippen LogP contribution in [0.2, 0.25) is 0 Å². The van der Waals surface area contributed by atoms with Crippen molar-refractivity contribution in [2.24, 2.45) is 5.92 Å². The lowest BCUT2D eigenvalue weighted by atomic mass is 9.96. The maximum absolute atomic E-state index is 12.7. The summed E-state index contributed by atoms with van der Waals surface area (Å²) in [6, 6.07) is 6.04. The van der Waals surface area contributed by atoms with Gasteiger partial charge in [-0.25, -0.2) is 4.79 Å². The third-order valence-corrected chi connectivity index (χ3v) is 3.64. The van der Waals surface area contributed by atoms with E-state index in [9.17, 15) is 14.7 Å². The molecule has 0 aliphatic carbocycles. The van der Waals surface area contributed by atoms with E-state index >= 15 is 0 Å². The largest absolute Gasteiger partial charge is 0.465 e. The van der Waals surface area contributed by atoms with Crippen LogP contribution >= 0.6 is 0 Å². The van der Waals surface area contributed by atoms with Gasteiger partial charge in [0.05, 0.1) is 6.61 Å². The highest BCUT2D eigenvalue weighted by Crippen LogP contribution is 2.23. The number of nitrogens with zero attached hydrogens (tertiary/aromatic N) is 1. The van der Waals surface area contributed by atoms with Crippen molar-refractivity contribution < 1.29 is 19.8 Å². The minimum Gasteiger partial charge on any atom is -0.465 e. The zero-order valence-electron chi connectivity index (χ0n) is 15.0. The summed E-state index contributed by atoms with van der Waals surface area (Å²) in [6.07, 6.45) is -0.677. The summed E-state index contributed by atoms with van der Waals surface area (Å²) in [5.74, 6) is -0.181. The van der Waals surface area contributed by atoms with E-state index in [2.05, 4.69) is 5.32 Å². The standard InChI is InChI=1S/C18H28N2O4/c1-12(2)10-15(20(17(23)24)18(3,4)5)16(22)19-14-8-6-13(11-21)7-9-14/h6-9,12,15,21H,10-11H2,1-5H3,(H,19,22)(H,23,24)/t15-/m0/s1. The Balaban J connectivity index is 3.04. The van der Waals surface area contributed by atoms with Gasteiger partial charge in [0.25, 0.3) is 0 Å². The molecular weight excluding hydrogens is 308 g/mol. The molecule has 0 radical (unpaired) electrons. The molecule has 24 heavy (non-hydrogen) atoms. The lowest BCUT2D eigenvalue weighted by Gasteiger charge is -2.39. The van der Waals surface area contributed by atoms with E-state index in [0.717, 1.165) is 5.56 Å². The van der Waals surface area contributed by atoms with E-state index in [1.54, 1.807) is 45.0 Å². The Morgan fingerprint density at radius 1 is 1.17 bits per heavy atom. The van der Waals surface area contributed by atoms with Crippen LogP contribution in [-0.2, 0) is 11.4 Å². The fourth-order valence-corrected chi connectivity index (χ4v) is 2.58. The Bertz CT molecular complexity index is 561. The molecule has 1 rings (SSSR count). The molecule has 2 amide bonds. The van der Waals surface area contributed by atoms with Gasteiger partial charge in [-0.1, -0.05) is 26.0 Å². The van der Waals surface area contributed by atoms with Gasteiger partial charge in [-0.3, -0.25) is 9.69 Å². The van der Waals surface area contributed by atoms with Crippen LogP contribution in [0.4, 0.5) is 10.5 Å². The molecule has 6 nitrogen and oxygen atoms in total. The topological polar surface area (TPSA) is 89.9 Å². The lowest BCUT2D eigenvalue weighted by molar-refractivity contribution is -0.123. The van der Waals surface area contributed by atoms with E-state index in [-0.39, 0.29) is 18.4 Å². The van der Waals surface area contributed by atoms with Gasteiger partial charge in [-0.05, 0) is 50.8 Å². The van der Waals surface area contributed by atoms with Gasteiger partial charge in [-0.15, -0.1) is 0 Å². The van der Waals surface area contributed by atoms with Crippen LogP contribution in [0, 0.1) is 5.92 Å². The van der Waals surface area contributed by atoms with Gasteiger partial charge in [0, 0.05) is 11.2 Å². The number of hydrogen-bond acceptors (Lipinski definition) is 3. The molecule has 0 heterocycles. The first-order chi connectivity index (χ1) is 11.1. The SMILES string of the molecule is CC(C)C[C@@H](C(=O)Nc1ccc(CO)cc1)N(C(=O)O)C(C)(C)C. The van der Waals surface area contributed by atoms with E-state index in [4.69, 9.17) is 5.11 Å². The van der Waals surface area contributed by atoms with Gasteiger partial charge < -0.3 is 15.5 Å². The van der Waals surface area contributed by atoms with E-state index in [1.807, 2.05) is 13.8 Å². The number of carbonyl (C=O) groups excluding carboxylic acids is 1. The molecule has 6 heteroatoms. The zero-order valence-corrected chi connectivity index (χ0v) is 15.0. The van der Waals surface area contributed by atoms with Crippen molar-refractivity contribution in [2.75, 3.05) is 5.32 Å². The minimum absolute atomic E-state index is 0.0684. The summed E-state index contributed by atoms with van der Waals surface area (Å²) < 4.78 is 0. The number of benzene rings is 1. The highest BCUT2D eigenvalue weighted by atomic mass is 16.4. The van der Waals surface area contributed by atoms with Crippen molar-refractivity contribution >= 4 is 17.7 Å². The number of rotatable bonds is 6. The maximum atomic E-state index is 12.7. The zero-order chi connectivity index (χ0) is 18.5. The molecule has 0 aromatic heterocycles. The van der Waals surface area contributed by atoms with Crippen LogP contribution in [-0.4, -0.2) is 38.7 Å². The van der Waals surface area contributed by atoms with Crippen LogP contribution in [0.3, 0.4) is 0 Å². The Kier molecular flexibility index (Phi) is 6.78. The van der Waals surface area contributed by atoms with Crippen molar-refractivity contribution in [1.29, 1.82) is 0 Å². The van der Waals surface area contributed by atoms with Crippen LogP contribution in [0.5, 0.6) is 0 Å². The number of carboxylic acid groups (broad SMARTS) is 1. The van der Waals surface area contributed by atoms with Crippen LogP contribution in [0.25, 0.3) is 0 Å². The molecule has 1 aromatic carbocycles. The third-order valence-electron chi connectivity index (χ3n) is 3.64. The predicted molar refractivity (Wildman–Crippen MR) is 93.9 cm³/mol. The summed E-state index contributed by atoms with van der Waals surface area (Å²) in [4.78, 5) is 25.7. The summed E-state index contributed by atoms with van der Waals surface area (Å²) >= 11 is 0. The smallest absolute Gasteiger partial charge is 0.408 e. The molecule has 0 aliphatic rings. The van der Waals surface area contributed by atoms with Crippen molar-refractivity contribution in [3.05, 3.63) is 29.8 Å². The molecule has 0 spiro atoms. The second-order valence-corrected chi connectivity index (χ2v) is 7.31. The molecule has 134 valence electrons. The Morgan fingerprint density at radius 2 is 1.71 bits per heavy atom. The van der Waals surface area contributed by atoms with E-state index in [1.165, 1.54) is 4.90 Å². The van der Waals surface area contributed by atoms with Crippen LogP contribution in [0.15, 0.2) is 24.3 Å². The highest BCUT2D eigenvalue weighted by Gasteiger charge is 2.37. The Labute approximate surface area is 143 Å². The first-order valence-corrected chi connectivity index (χ1v) is 8.09. The number of carbonyl (C=O) groups is 2. The second kappa shape index (κ2) is 8.15. The molecule has 0 saturated carbocycles. The summed E-state index contributed by atoms with van der Waals surface area (Å²) in [6.45, 7) is 9.17. The fraction of sp³-hybridized carbons (Fsp3) is 0.556. The first kappa shape index (κ1) is 20.0. The molecule has 0 unspecified atom stereocenters. The van der Waals surface area contributed by atoms with E-state index in [0.29, 0.717) is 12.1 Å². The van der Waals surface area contributed by atoms with Crippen LogP contribution < -0.4 is 5.32 Å². The van der Waals surface area contributed by atoms with Crippen LogP contribution in [0.1, 0.15) is 46.6 Å². The van der Waals surface area contributed by atoms with Gasteiger partial charge in [0.1, 0.15) is 6.04 Å². The van der Waals surface area contributed by atoms with Crippen molar-refractivity contribution in [3.63, 3.8) is 0 Å². The van der Waals surface area contributed by atoms with Crippen molar-refractivity contribution in [3.8, 4) is 0 Å². The monoisotopic (exact) mass is 336 g/mol. The van der Waals surface area contributed by atoms with Gasteiger partial charge in [0.15, 0.2) is 0 Å². The van der Waals surface area contributed by atoms with Crippen molar-refractivity contribution in [2.45, 2.75) is 59.2 Å². The number of amides is 2. The number of hydrogen-bond donors (Lipinski definition) is 3. The van der Waals surface area contributed by atoms with Gasteiger partial charge >= 0.3 is 6.09 Å². The number of nitrogens with one attached hydrogen (secondary N) is 1. The molecule has 0 bridgehead atoms. The molecule has 0 saturated heterocycles. The predicted octanol–water partition coefficient (Wildman–Crippen LogP) is 3.31. The second-order valence-electron chi connectivity index (χ2n) is 7.31. The minimum atomic E-state index is -1.11.